The third kappa shape index (κ3) is 1.84. The molecule has 0 saturated heterocycles. The zero-order chi connectivity index (χ0) is 10.8. The highest BCUT2D eigenvalue weighted by molar-refractivity contribution is 6.16. The second kappa shape index (κ2) is 3.74. The first-order valence-corrected chi connectivity index (χ1v) is 4.49. The van der Waals surface area contributed by atoms with Crippen molar-refractivity contribution in [1.29, 1.82) is 0 Å². The molecule has 0 aliphatic rings. The van der Waals surface area contributed by atoms with Crippen molar-refractivity contribution in [3.8, 4) is 11.5 Å². The molecule has 0 fully saturated rings. The summed E-state index contributed by atoms with van der Waals surface area (Å²) in [6.07, 6.45) is 1.40. The van der Waals surface area contributed by atoms with E-state index in [9.17, 15) is 10.1 Å². The van der Waals surface area contributed by atoms with Gasteiger partial charge in [-0.3, -0.25) is 10.1 Å². The van der Waals surface area contributed by atoms with Crippen molar-refractivity contribution in [2.45, 2.75) is 5.88 Å². The van der Waals surface area contributed by atoms with Gasteiger partial charge in [-0.05, 0) is 6.07 Å². The number of furan rings is 1. The van der Waals surface area contributed by atoms with Gasteiger partial charge in [0.25, 0.3) is 0 Å². The second-order valence-corrected chi connectivity index (χ2v) is 2.91. The first kappa shape index (κ1) is 9.72. The first-order chi connectivity index (χ1) is 7.20. The average molecular weight is 229 g/mol. The fraction of sp³-hybridized carbons (Fsp3) is 0.125. The highest BCUT2D eigenvalue weighted by atomic mass is 35.5. The molecule has 15 heavy (non-hydrogen) atoms. The maximum absolute atomic E-state index is 10.4. The third-order valence-corrected chi connectivity index (χ3v) is 1.91. The quantitative estimate of drug-likeness (QED) is 0.458. The summed E-state index contributed by atoms with van der Waals surface area (Å²) >= 11 is 5.49. The molecular formula is C8H5ClN2O4. The fourth-order valence-electron chi connectivity index (χ4n) is 1.04. The number of halogens is 1. The molecule has 2 aromatic rings. The van der Waals surface area contributed by atoms with E-state index in [2.05, 4.69) is 4.98 Å². The lowest BCUT2D eigenvalue weighted by molar-refractivity contribution is -0.401. The van der Waals surface area contributed by atoms with E-state index in [1.165, 1.54) is 18.3 Å². The van der Waals surface area contributed by atoms with Crippen molar-refractivity contribution in [2.24, 2.45) is 0 Å². The molecule has 7 heteroatoms. The Hall–Kier alpha value is -1.82. The van der Waals surface area contributed by atoms with Crippen molar-refractivity contribution in [3.05, 3.63) is 34.3 Å². The number of nitrogens with zero attached hydrogens (tertiary/aromatic N) is 2. The van der Waals surface area contributed by atoms with Crippen molar-refractivity contribution in [2.75, 3.05) is 0 Å². The first-order valence-electron chi connectivity index (χ1n) is 3.96. The van der Waals surface area contributed by atoms with Gasteiger partial charge in [-0.2, -0.15) is 0 Å². The smallest absolute Gasteiger partial charge is 0.433 e. The summed E-state index contributed by atoms with van der Waals surface area (Å²) < 4.78 is 10.1. The molecule has 0 saturated carbocycles. The van der Waals surface area contributed by atoms with E-state index in [1.807, 2.05) is 0 Å². The molecule has 0 bridgehead atoms. The Balaban J connectivity index is 2.32. The van der Waals surface area contributed by atoms with E-state index in [4.69, 9.17) is 20.4 Å². The summed E-state index contributed by atoms with van der Waals surface area (Å²) in [5, 5.41) is 10.4. The van der Waals surface area contributed by atoms with Gasteiger partial charge in [-0.15, -0.1) is 11.6 Å². The van der Waals surface area contributed by atoms with Gasteiger partial charge < -0.3 is 8.83 Å². The van der Waals surface area contributed by atoms with Crippen LogP contribution in [0.4, 0.5) is 5.88 Å². The monoisotopic (exact) mass is 228 g/mol. The molecule has 0 N–H and O–H groups in total. The van der Waals surface area contributed by atoms with E-state index in [1.54, 1.807) is 0 Å². The Morgan fingerprint density at radius 1 is 1.40 bits per heavy atom. The normalized spacial score (nSPS) is 10.5. The van der Waals surface area contributed by atoms with Crippen LogP contribution in [0.25, 0.3) is 11.5 Å². The molecule has 0 unspecified atom stereocenters. The van der Waals surface area contributed by atoms with Crippen LogP contribution in [0.5, 0.6) is 0 Å². The van der Waals surface area contributed by atoms with Crippen molar-refractivity contribution >= 4 is 17.5 Å². The van der Waals surface area contributed by atoms with Crippen LogP contribution < -0.4 is 0 Å². The van der Waals surface area contributed by atoms with Gasteiger partial charge >= 0.3 is 5.88 Å². The third-order valence-electron chi connectivity index (χ3n) is 1.68. The van der Waals surface area contributed by atoms with Gasteiger partial charge in [0.2, 0.25) is 5.89 Å². The van der Waals surface area contributed by atoms with Crippen LogP contribution in [0, 0.1) is 10.1 Å². The Morgan fingerprint density at radius 2 is 2.20 bits per heavy atom. The number of alkyl halides is 1. The van der Waals surface area contributed by atoms with Crippen LogP contribution >= 0.6 is 11.6 Å². The average Bonchev–Trinajstić information content (AvgIpc) is 2.86. The van der Waals surface area contributed by atoms with Crippen molar-refractivity contribution in [1.82, 2.24) is 4.98 Å². The van der Waals surface area contributed by atoms with E-state index in [0.717, 1.165) is 0 Å². The minimum atomic E-state index is -0.623. The maximum Gasteiger partial charge on any atom is 0.433 e. The Labute approximate surface area is 88.6 Å². The molecule has 0 amide bonds. The van der Waals surface area contributed by atoms with Gasteiger partial charge in [-0.1, -0.05) is 0 Å². The Kier molecular flexibility index (Phi) is 2.42. The van der Waals surface area contributed by atoms with Crippen LogP contribution in [0.3, 0.4) is 0 Å². The molecule has 0 aliphatic carbocycles. The summed E-state index contributed by atoms with van der Waals surface area (Å²) in [7, 11) is 0. The summed E-state index contributed by atoms with van der Waals surface area (Å²) in [4.78, 5) is 13.6. The molecule has 6 nitrogen and oxygen atoms in total. The lowest BCUT2D eigenvalue weighted by Crippen LogP contribution is -1.82. The van der Waals surface area contributed by atoms with Crippen LogP contribution in [-0.2, 0) is 5.88 Å². The van der Waals surface area contributed by atoms with E-state index in [0.29, 0.717) is 11.7 Å². The minimum absolute atomic E-state index is 0.142. The van der Waals surface area contributed by atoms with Crippen LogP contribution in [0.2, 0.25) is 0 Å². The molecule has 0 aromatic carbocycles. The fourth-order valence-corrected chi connectivity index (χ4v) is 1.17. The van der Waals surface area contributed by atoms with Gasteiger partial charge in [0.05, 0.1) is 18.1 Å². The standard InChI is InChI=1S/C8H5ClN2O4/c9-3-7-10-4-6(14-7)5-1-2-8(15-5)11(12)13/h1-2,4H,3H2. The Morgan fingerprint density at radius 3 is 2.73 bits per heavy atom. The zero-order valence-corrected chi connectivity index (χ0v) is 8.10. The number of aromatic nitrogens is 1. The molecule has 78 valence electrons. The van der Waals surface area contributed by atoms with Crippen LogP contribution in [0.1, 0.15) is 5.89 Å². The minimum Gasteiger partial charge on any atom is -0.436 e. The number of nitro groups is 1. The molecule has 2 heterocycles. The molecule has 2 rings (SSSR count). The number of oxazole rings is 1. The summed E-state index contributed by atoms with van der Waals surface area (Å²) in [5.74, 6) is 0.715. The van der Waals surface area contributed by atoms with Gasteiger partial charge in [0.1, 0.15) is 4.92 Å². The number of rotatable bonds is 3. The molecule has 0 aliphatic heterocycles. The van der Waals surface area contributed by atoms with Gasteiger partial charge in [0, 0.05) is 0 Å². The van der Waals surface area contributed by atoms with Crippen molar-refractivity contribution < 1.29 is 13.8 Å². The van der Waals surface area contributed by atoms with E-state index < -0.39 is 4.92 Å². The van der Waals surface area contributed by atoms with Crippen molar-refractivity contribution in [3.63, 3.8) is 0 Å². The van der Waals surface area contributed by atoms with E-state index >= 15 is 0 Å². The van der Waals surface area contributed by atoms with E-state index in [-0.39, 0.29) is 17.5 Å². The summed E-state index contributed by atoms with van der Waals surface area (Å²) in [6.45, 7) is 0. The molecule has 0 atom stereocenters. The largest absolute Gasteiger partial charge is 0.436 e. The lowest BCUT2D eigenvalue weighted by Gasteiger charge is -1.87. The van der Waals surface area contributed by atoms with Crippen LogP contribution in [0.15, 0.2) is 27.2 Å². The predicted molar refractivity (Wildman–Crippen MR) is 50.4 cm³/mol. The second-order valence-electron chi connectivity index (χ2n) is 2.65. The molecular weight excluding hydrogens is 224 g/mol. The molecule has 0 radical (unpaired) electrons. The maximum atomic E-state index is 10.4. The summed E-state index contributed by atoms with van der Waals surface area (Å²) in [5.41, 5.74) is 0. The topological polar surface area (TPSA) is 82.3 Å². The molecule has 2 aromatic heterocycles. The Bertz CT molecular complexity index is 490. The highest BCUT2D eigenvalue weighted by Gasteiger charge is 2.15. The SMILES string of the molecule is O=[N+]([O-])c1ccc(-c2cnc(CCl)o2)o1. The van der Waals surface area contributed by atoms with Crippen LogP contribution in [-0.4, -0.2) is 9.91 Å². The lowest BCUT2D eigenvalue weighted by atomic mass is 10.4. The zero-order valence-electron chi connectivity index (χ0n) is 7.34. The highest BCUT2D eigenvalue weighted by Crippen LogP contribution is 2.26. The van der Waals surface area contributed by atoms with Gasteiger partial charge in [-0.25, -0.2) is 4.98 Å². The summed E-state index contributed by atoms with van der Waals surface area (Å²) in [6, 6.07) is 2.69. The number of hydrogen-bond acceptors (Lipinski definition) is 5. The van der Waals surface area contributed by atoms with Gasteiger partial charge in [0.15, 0.2) is 11.5 Å². The predicted octanol–water partition coefficient (Wildman–Crippen LogP) is 2.58. The molecule has 0 spiro atoms. The number of hydrogen-bond donors (Lipinski definition) is 0.